The van der Waals surface area contributed by atoms with Crippen molar-refractivity contribution in [2.75, 3.05) is 57.1 Å². The highest BCUT2D eigenvalue weighted by Crippen LogP contribution is 2.32. The minimum atomic E-state index is 0.0199. The third-order valence-electron chi connectivity index (χ3n) is 6.33. The second kappa shape index (κ2) is 10.0. The SMILES string of the molecule is O=C(C[C@@H]1CSC(c2cc3cc(Cl)cc(NCC4CCOCC4)c3[nH]2)=N1)N1CCOCC1. The second-order valence-electron chi connectivity index (χ2n) is 8.63. The van der Waals surface area contributed by atoms with Gasteiger partial charge in [0.1, 0.15) is 5.04 Å². The van der Waals surface area contributed by atoms with E-state index in [9.17, 15) is 4.79 Å². The Hall–Kier alpha value is -1.74. The van der Waals surface area contributed by atoms with Gasteiger partial charge in [-0.15, -0.1) is 11.8 Å². The molecular weight excluding hydrogens is 448 g/mol. The van der Waals surface area contributed by atoms with Crippen LogP contribution in [-0.4, -0.2) is 78.7 Å². The van der Waals surface area contributed by atoms with Gasteiger partial charge in [0.25, 0.3) is 0 Å². The zero-order valence-electron chi connectivity index (χ0n) is 18.1. The van der Waals surface area contributed by atoms with E-state index in [1.165, 1.54) is 0 Å². The molecule has 0 unspecified atom stereocenters. The molecule has 7 nitrogen and oxygen atoms in total. The molecule has 0 spiro atoms. The second-order valence-corrected chi connectivity index (χ2v) is 10.1. The highest BCUT2D eigenvalue weighted by Gasteiger charge is 2.26. The van der Waals surface area contributed by atoms with Crippen LogP contribution in [0.25, 0.3) is 10.9 Å². The van der Waals surface area contributed by atoms with Gasteiger partial charge in [0.15, 0.2) is 0 Å². The van der Waals surface area contributed by atoms with Crippen LogP contribution in [-0.2, 0) is 14.3 Å². The Morgan fingerprint density at radius 2 is 1.97 bits per heavy atom. The Kier molecular flexibility index (Phi) is 6.92. The Morgan fingerprint density at radius 3 is 2.78 bits per heavy atom. The first-order valence-electron chi connectivity index (χ1n) is 11.4. The molecule has 2 fully saturated rings. The molecule has 9 heteroatoms. The topological polar surface area (TPSA) is 78.9 Å². The zero-order valence-corrected chi connectivity index (χ0v) is 19.6. The number of thioether (sulfide) groups is 1. The summed E-state index contributed by atoms with van der Waals surface area (Å²) in [5.74, 6) is 1.62. The van der Waals surface area contributed by atoms with Crippen LogP contribution in [0.3, 0.4) is 0 Å². The summed E-state index contributed by atoms with van der Waals surface area (Å²) in [5, 5.41) is 6.34. The molecule has 0 radical (unpaired) electrons. The van der Waals surface area contributed by atoms with Crippen molar-refractivity contribution in [3.8, 4) is 0 Å². The Morgan fingerprint density at radius 1 is 1.19 bits per heavy atom. The van der Waals surface area contributed by atoms with Crippen LogP contribution in [0.2, 0.25) is 5.02 Å². The highest BCUT2D eigenvalue weighted by atomic mass is 35.5. The van der Waals surface area contributed by atoms with Crippen molar-refractivity contribution >= 4 is 50.9 Å². The number of anilines is 1. The number of ether oxygens (including phenoxy) is 2. The zero-order chi connectivity index (χ0) is 21.9. The van der Waals surface area contributed by atoms with Crippen LogP contribution < -0.4 is 5.32 Å². The molecule has 1 atom stereocenters. The van der Waals surface area contributed by atoms with Gasteiger partial charge in [-0.2, -0.15) is 0 Å². The average Bonchev–Trinajstić information content (AvgIpc) is 3.45. The quantitative estimate of drug-likeness (QED) is 0.663. The number of benzene rings is 1. The molecule has 0 bridgehead atoms. The van der Waals surface area contributed by atoms with Gasteiger partial charge >= 0.3 is 0 Å². The fourth-order valence-electron chi connectivity index (χ4n) is 4.48. The number of aliphatic imine (C=N–C) groups is 1. The number of carbonyl (C=O) groups is 1. The smallest absolute Gasteiger partial charge is 0.224 e. The maximum Gasteiger partial charge on any atom is 0.224 e. The lowest BCUT2D eigenvalue weighted by Crippen LogP contribution is -2.41. The first-order chi connectivity index (χ1) is 15.7. The van der Waals surface area contributed by atoms with Gasteiger partial charge in [-0.3, -0.25) is 9.79 Å². The largest absolute Gasteiger partial charge is 0.383 e. The van der Waals surface area contributed by atoms with Crippen molar-refractivity contribution in [3.05, 3.63) is 28.9 Å². The molecule has 1 aromatic carbocycles. The van der Waals surface area contributed by atoms with E-state index in [1.54, 1.807) is 11.8 Å². The van der Waals surface area contributed by atoms with E-state index >= 15 is 0 Å². The summed E-state index contributed by atoms with van der Waals surface area (Å²) in [5.41, 5.74) is 3.06. The number of aromatic amines is 1. The number of amides is 1. The summed E-state index contributed by atoms with van der Waals surface area (Å²) in [7, 11) is 0. The highest BCUT2D eigenvalue weighted by molar-refractivity contribution is 8.14. The average molecular weight is 477 g/mol. The molecule has 1 amide bonds. The minimum Gasteiger partial charge on any atom is -0.383 e. The van der Waals surface area contributed by atoms with E-state index in [2.05, 4.69) is 16.4 Å². The first kappa shape index (κ1) is 22.1. The number of halogens is 1. The third-order valence-corrected chi connectivity index (χ3v) is 7.70. The van der Waals surface area contributed by atoms with Gasteiger partial charge < -0.3 is 24.7 Å². The summed E-state index contributed by atoms with van der Waals surface area (Å²) in [4.78, 5) is 22.9. The predicted octanol–water partition coefficient (Wildman–Crippen LogP) is 3.77. The number of nitrogens with one attached hydrogen (secondary N) is 2. The van der Waals surface area contributed by atoms with Gasteiger partial charge in [-0.25, -0.2) is 0 Å². The van der Waals surface area contributed by atoms with Crippen molar-refractivity contribution in [2.45, 2.75) is 25.3 Å². The van der Waals surface area contributed by atoms with E-state index in [1.807, 2.05) is 17.0 Å². The summed E-state index contributed by atoms with van der Waals surface area (Å²) in [6.07, 6.45) is 2.63. The van der Waals surface area contributed by atoms with E-state index in [-0.39, 0.29) is 11.9 Å². The Bertz CT molecular complexity index is 999. The van der Waals surface area contributed by atoms with E-state index in [4.69, 9.17) is 26.1 Å². The van der Waals surface area contributed by atoms with Crippen LogP contribution in [0, 0.1) is 5.92 Å². The molecule has 1 aromatic heterocycles. The number of aromatic nitrogens is 1. The van der Waals surface area contributed by atoms with E-state index in [0.29, 0.717) is 43.7 Å². The predicted molar refractivity (Wildman–Crippen MR) is 130 cm³/mol. The Labute approximate surface area is 197 Å². The van der Waals surface area contributed by atoms with E-state index in [0.717, 1.165) is 65.7 Å². The third kappa shape index (κ3) is 5.09. The molecule has 2 saturated heterocycles. The molecule has 0 saturated carbocycles. The fraction of sp³-hybridized carbons (Fsp3) is 0.565. The summed E-state index contributed by atoms with van der Waals surface area (Å²) >= 11 is 8.12. The fourth-order valence-corrected chi connectivity index (χ4v) is 5.74. The van der Waals surface area contributed by atoms with E-state index < -0.39 is 0 Å². The lowest BCUT2D eigenvalue weighted by atomic mass is 10.0. The lowest BCUT2D eigenvalue weighted by molar-refractivity contribution is -0.135. The monoisotopic (exact) mass is 476 g/mol. The van der Waals surface area contributed by atoms with Crippen molar-refractivity contribution < 1.29 is 14.3 Å². The molecule has 0 aliphatic carbocycles. The van der Waals surface area contributed by atoms with Crippen LogP contribution in [0.5, 0.6) is 0 Å². The van der Waals surface area contributed by atoms with Crippen LogP contribution in [0.15, 0.2) is 23.2 Å². The number of hydrogen-bond acceptors (Lipinski definition) is 6. The standard InChI is InChI=1S/C23H29ClN4O3S/c24-17-9-16-10-20(27-22(16)19(11-17)25-13-15-1-5-30-6-2-15)23-26-18(14-32-23)12-21(29)28-3-7-31-8-4-28/h9-11,15,18,25,27H,1-8,12-14H2/t18-/m1/s1. The van der Waals surface area contributed by atoms with Crippen LogP contribution in [0.4, 0.5) is 5.69 Å². The Balaban J connectivity index is 1.28. The van der Waals surface area contributed by atoms with Gasteiger partial charge in [0, 0.05) is 49.0 Å². The van der Waals surface area contributed by atoms with Crippen LogP contribution in [0.1, 0.15) is 25.0 Å². The number of nitrogens with zero attached hydrogens (tertiary/aromatic N) is 2. The maximum absolute atomic E-state index is 12.6. The van der Waals surface area contributed by atoms with Gasteiger partial charge in [-0.1, -0.05) is 11.6 Å². The molecule has 4 heterocycles. The number of carbonyl (C=O) groups excluding carboxylic acids is 1. The van der Waals surface area contributed by atoms with Crippen molar-refractivity contribution in [1.29, 1.82) is 0 Å². The summed E-state index contributed by atoms with van der Waals surface area (Å²) in [6, 6.07) is 6.10. The molecule has 2 N–H and O–H groups in total. The van der Waals surface area contributed by atoms with Crippen molar-refractivity contribution in [1.82, 2.24) is 9.88 Å². The molecule has 2 aromatic rings. The number of fused-ring (bicyclic) bond motifs is 1. The minimum absolute atomic E-state index is 0.0199. The number of hydrogen-bond donors (Lipinski definition) is 2. The molecule has 172 valence electrons. The maximum atomic E-state index is 12.6. The van der Waals surface area contributed by atoms with Gasteiger partial charge in [-0.05, 0) is 37.0 Å². The molecule has 3 aliphatic rings. The van der Waals surface area contributed by atoms with Gasteiger partial charge in [0.05, 0.1) is 42.6 Å². The van der Waals surface area contributed by atoms with Crippen molar-refractivity contribution in [2.24, 2.45) is 10.9 Å². The van der Waals surface area contributed by atoms with Crippen molar-refractivity contribution in [3.63, 3.8) is 0 Å². The number of rotatable bonds is 6. The molecule has 5 rings (SSSR count). The normalized spacial score (nSPS) is 22.3. The molecule has 32 heavy (non-hydrogen) atoms. The summed E-state index contributed by atoms with van der Waals surface area (Å²) < 4.78 is 10.8. The lowest BCUT2D eigenvalue weighted by Gasteiger charge is -2.27. The number of H-pyrrole nitrogens is 1. The number of morpholine rings is 1. The molecule has 3 aliphatic heterocycles. The first-order valence-corrected chi connectivity index (χ1v) is 12.7. The summed E-state index contributed by atoms with van der Waals surface area (Å²) in [6.45, 7) is 5.22. The van der Waals surface area contributed by atoms with Crippen LogP contribution >= 0.6 is 23.4 Å². The van der Waals surface area contributed by atoms with Gasteiger partial charge in [0.2, 0.25) is 5.91 Å². The molecular formula is C23H29ClN4O3S.